The molecule has 0 saturated carbocycles. The third-order valence-electron chi connectivity index (χ3n) is 4.98. The highest BCUT2D eigenvalue weighted by molar-refractivity contribution is 5.94. The Kier molecular flexibility index (Phi) is 8.43. The minimum absolute atomic E-state index is 0.0545. The number of anilines is 1. The Labute approximate surface area is 198 Å². The second-order valence-corrected chi connectivity index (χ2v) is 8.02. The lowest BCUT2D eigenvalue weighted by atomic mass is 10.1. The number of ether oxygens (including phenoxy) is 3. The van der Waals surface area contributed by atoms with Crippen molar-refractivity contribution in [2.75, 3.05) is 11.9 Å². The summed E-state index contributed by atoms with van der Waals surface area (Å²) in [7, 11) is 0. The third kappa shape index (κ3) is 6.23. The van der Waals surface area contributed by atoms with E-state index in [2.05, 4.69) is 10.3 Å². The average molecular weight is 467 g/mol. The van der Waals surface area contributed by atoms with E-state index in [0.717, 1.165) is 5.39 Å². The number of carboxylic acid groups (broad SMARTS) is 1. The molecule has 0 aliphatic rings. The number of carbonyl (C=O) groups excluding carboxylic acids is 1. The number of carboxylic acids is 1. The number of pyridine rings is 1. The minimum atomic E-state index is -1.03. The summed E-state index contributed by atoms with van der Waals surface area (Å²) in [4.78, 5) is 28.1. The highest BCUT2D eigenvalue weighted by Crippen LogP contribution is 2.35. The minimum Gasteiger partial charge on any atom is -0.490 e. The molecule has 3 rings (SSSR count). The van der Waals surface area contributed by atoms with Gasteiger partial charge in [0.2, 0.25) is 5.91 Å². The number of nitrogens with one attached hydrogen (secondary N) is 1. The van der Waals surface area contributed by atoms with Gasteiger partial charge in [0.25, 0.3) is 0 Å². The molecule has 1 unspecified atom stereocenters. The Balaban J connectivity index is 2.00. The van der Waals surface area contributed by atoms with Crippen LogP contribution in [0.4, 0.5) is 5.82 Å². The van der Waals surface area contributed by atoms with Crippen molar-refractivity contribution in [2.45, 2.75) is 52.9 Å². The summed E-state index contributed by atoms with van der Waals surface area (Å²) < 4.78 is 17.7. The predicted molar refractivity (Wildman–Crippen MR) is 129 cm³/mol. The van der Waals surface area contributed by atoms with Crippen LogP contribution in [-0.2, 0) is 27.4 Å². The van der Waals surface area contributed by atoms with Crippen LogP contribution in [0.25, 0.3) is 10.9 Å². The maximum absolute atomic E-state index is 11.9. The standard InChI is InChI=1S/C26H30N2O6/c1-5-32-23(26(30)31)14-18-10-6-9-13-22(18)33-15-20-24(34-16(2)3)19-11-7-8-12-21(19)28-25(20)27-17(4)29/h6-13,16,23H,5,14-15H2,1-4H3,(H,30,31)(H,27,28,29). The van der Waals surface area contributed by atoms with Gasteiger partial charge in [0.15, 0.2) is 6.10 Å². The number of rotatable bonds is 11. The molecule has 34 heavy (non-hydrogen) atoms. The van der Waals surface area contributed by atoms with Gasteiger partial charge >= 0.3 is 5.97 Å². The summed E-state index contributed by atoms with van der Waals surface area (Å²) in [5.74, 6) is 0.166. The van der Waals surface area contributed by atoms with E-state index in [1.54, 1.807) is 13.0 Å². The second kappa shape index (κ2) is 11.5. The maximum Gasteiger partial charge on any atom is 0.333 e. The molecule has 1 aromatic heterocycles. The fourth-order valence-electron chi connectivity index (χ4n) is 3.58. The van der Waals surface area contributed by atoms with Crippen molar-refractivity contribution >= 4 is 28.6 Å². The molecule has 0 saturated heterocycles. The fraction of sp³-hybridized carbons (Fsp3) is 0.346. The van der Waals surface area contributed by atoms with Crippen molar-refractivity contribution in [1.82, 2.24) is 4.98 Å². The molecule has 2 N–H and O–H groups in total. The zero-order valence-electron chi connectivity index (χ0n) is 19.8. The summed E-state index contributed by atoms with van der Waals surface area (Å²) in [6.07, 6.45) is -0.945. The number of aliphatic carboxylic acids is 1. The van der Waals surface area contributed by atoms with Crippen molar-refractivity contribution in [3.8, 4) is 11.5 Å². The zero-order valence-corrected chi connectivity index (χ0v) is 19.8. The summed E-state index contributed by atoms with van der Waals surface area (Å²) in [6, 6.07) is 14.8. The van der Waals surface area contributed by atoms with Crippen molar-refractivity contribution in [2.24, 2.45) is 0 Å². The van der Waals surface area contributed by atoms with Gasteiger partial charge in [-0.3, -0.25) is 4.79 Å². The topological polar surface area (TPSA) is 107 Å². The first kappa shape index (κ1) is 25.0. The van der Waals surface area contributed by atoms with Crippen molar-refractivity contribution < 1.29 is 28.9 Å². The molecule has 8 heteroatoms. The number of hydrogen-bond acceptors (Lipinski definition) is 6. The molecular weight excluding hydrogens is 436 g/mol. The summed E-state index contributed by atoms with van der Waals surface area (Å²) in [6.45, 7) is 7.36. The molecule has 1 atom stereocenters. The van der Waals surface area contributed by atoms with Crippen LogP contribution in [0.1, 0.15) is 38.8 Å². The van der Waals surface area contributed by atoms with Gasteiger partial charge in [-0.25, -0.2) is 9.78 Å². The highest BCUT2D eigenvalue weighted by Gasteiger charge is 2.22. The average Bonchev–Trinajstić information content (AvgIpc) is 2.78. The fourth-order valence-corrected chi connectivity index (χ4v) is 3.58. The molecule has 3 aromatic rings. The van der Waals surface area contributed by atoms with Gasteiger partial charge in [-0.1, -0.05) is 30.3 Å². The molecule has 0 bridgehead atoms. The van der Waals surface area contributed by atoms with Crippen LogP contribution < -0.4 is 14.8 Å². The molecule has 1 heterocycles. The van der Waals surface area contributed by atoms with E-state index < -0.39 is 12.1 Å². The van der Waals surface area contributed by atoms with Crippen LogP contribution in [0.5, 0.6) is 11.5 Å². The van der Waals surface area contributed by atoms with Gasteiger partial charge in [-0.15, -0.1) is 0 Å². The lowest BCUT2D eigenvalue weighted by Crippen LogP contribution is -2.26. The largest absolute Gasteiger partial charge is 0.490 e. The SMILES string of the molecule is CCOC(Cc1ccccc1OCc1c(NC(C)=O)nc2ccccc2c1OC(C)C)C(=O)O. The van der Waals surface area contributed by atoms with Crippen LogP contribution in [0.3, 0.4) is 0 Å². The van der Waals surface area contributed by atoms with Crippen LogP contribution >= 0.6 is 0 Å². The first-order valence-corrected chi connectivity index (χ1v) is 11.2. The molecule has 2 aromatic carbocycles. The number of hydrogen-bond donors (Lipinski definition) is 2. The van der Waals surface area contributed by atoms with Gasteiger partial charge < -0.3 is 24.6 Å². The van der Waals surface area contributed by atoms with Crippen molar-refractivity contribution in [1.29, 1.82) is 0 Å². The highest BCUT2D eigenvalue weighted by atomic mass is 16.5. The lowest BCUT2D eigenvalue weighted by Gasteiger charge is -2.21. The van der Waals surface area contributed by atoms with Gasteiger partial charge in [0.05, 0.1) is 17.2 Å². The van der Waals surface area contributed by atoms with Gasteiger partial charge in [-0.05, 0) is 44.5 Å². The smallest absolute Gasteiger partial charge is 0.333 e. The quantitative estimate of drug-likeness (QED) is 0.426. The molecular formula is C26H30N2O6. The molecule has 0 aliphatic heterocycles. The number of nitrogens with zero attached hydrogens (tertiary/aromatic N) is 1. The normalized spacial score (nSPS) is 11.9. The maximum atomic E-state index is 11.9. The molecule has 180 valence electrons. The monoisotopic (exact) mass is 466 g/mol. The summed E-state index contributed by atoms with van der Waals surface area (Å²) in [5.41, 5.74) is 1.98. The van der Waals surface area contributed by atoms with E-state index in [4.69, 9.17) is 14.2 Å². The molecule has 1 amide bonds. The first-order valence-electron chi connectivity index (χ1n) is 11.2. The summed E-state index contributed by atoms with van der Waals surface area (Å²) in [5, 5.41) is 13.1. The number of benzene rings is 2. The third-order valence-corrected chi connectivity index (χ3v) is 4.98. The molecule has 8 nitrogen and oxygen atoms in total. The van der Waals surface area contributed by atoms with E-state index in [1.807, 2.05) is 56.3 Å². The molecule has 0 aliphatic carbocycles. The molecule has 0 radical (unpaired) electrons. The number of para-hydroxylation sites is 2. The van der Waals surface area contributed by atoms with E-state index in [-0.39, 0.29) is 25.0 Å². The van der Waals surface area contributed by atoms with E-state index >= 15 is 0 Å². The number of aromatic nitrogens is 1. The van der Waals surface area contributed by atoms with Crippen LogP contribution in [-0.4, -0.2) is 40.8 Å². The van der Waals surface area contributed by atoms with Crippen molar-refractivity contribution in [3.05, 3.63) is 59.7 Å². The van der Waals surface area contributed by atoms with Crippen LogP contribution in [0.2, 0.25) is 0 Å². The Morgan fingerprint density at radius 1 is 1.09 bits per heavy atom. The van der Waals surface area contributed by atoms with E-state index in [9.17, 15) is 14.7 Å². The second-order valence-electron chi connectivity index (χ2n) is 8.02. The zero-order chi connectivity index (χ0) is 24.7. The Morgan fingerprint density at radius 3 is 2.47 bits per heavy atom. The van der Waals surface area contributed by atoms with Crippen LogP contribution in [0, 0.1) is 0 Å². The van der Waals surface area contributed by atoms with E-state index in [1.165, 1.54) is 6.92 Å². The van der Waals surface area contributed by atoms with Crippen molar-refractivity contribution in [3.63, 3.8) is 0 Å². The number of fused-ring (bicyclic) bond motifs is 1. The van der Waals surface area contributed by atoms with E-state index in [0.29, 0.717) is 40.6 Å². The first-order chi connectivity index (χ1) is 16.3. The number of amides is 1. The molecule has 0 fully saturated rings. The van der Waals surface area contributed by atoms with Gasteiger partial charge in [0, 0.05) is 25.3 Å². The lowest BCUT2D eigenvalue weighted by molar-refractivity contribution is -0.150. The predicted octanol–water partition coefficient (Wildman–Crippen LogP) is 4.59. The Morgan fingerprint density at radius 2 is 1.79 bits per heavy atom. The van der Waals surface area contributed by atoms with Gasteiger partial charge in [0.1, 0.15) is 23.9 Å². The van der Waals surface area contributed by atoms with Gasteiger partial charge in [-0.2, -0.15) is 0 Å². The summed E-state index contributed by atoms with van der Waals surface area (Å²) >= 11 is 0. The van der Waals surface area contributed by atoms with Crippen LogP contribution in [0.15, 0.2) is 48.5 Å². The Bertz CT molecular complexity index is 1160. The molecule has 0 spiro atoms. The number of carbonyl (C=O) groups is 2. The Hall–Kier alpha value is -3.65.